The van der Waals surface area contributed by atoms with Crippen molar-refractivity contribution in [1.82, 2.24) is 16.1 Å². The summed E-state index contributed by atoms with van der Waals surface area (Å²) < 4.78 is 11.4. The maximum atomic E-state index is 12.6. The molecule has 1 aliphatic rings. The van der Waals surface area contributed by atoms with Gasteiger partial charge in [-0.1, -0.05) is 29.8 Å². The first-order chi connectivity index (χ1) is 16.7. The Kier molecular flexibility index (Phi) is 9.07. The van der Waals surface area contributed by atoms with E-state index in [1.165, 1.54) is 12.3 Å². The SMILES string of the molecule is CCOC(=O)C1=C(C)NC(=S)N[C@@H]1c1ccccc1OCC(=O)NN=Cc1cc(Cl)c(O)c(Br)c1. The number of benzene rings is 2. The zero-order valence-electron chi connectivity index (χ0n) is 18.7. The molecule has 1 amide bonds. The summed E-state index contributed by atoms with van der Waals surface area (Å²) in [5.41, 5.74) is 4.47. The van der Waals surface area contributed by atoms with Crippen molar-refractivity contribution < 1.29 is 24.2 Å². The number of allylic oxidation sites excluding steroid dienone is 1. The van der Waals surface area contributed by atoms with Crippen LogP contribution in [0.1, 0.15) is 31.0 Å². The molecule has 0 aromatic heterocycles. The van der Waals surface area contributed by atoms with Crippen molar-refractivity contribution in [2.45, 2.75) is 19.9 Å². The molecule has 184 valence electrons. The maximum Gasteiger partial charge on any atom is 0.338 e. The minimum atomic E-state index is -0.627. The molecule has 0 fully saturated rings. The Morgan fingerprint density at radius 2 is 2.09 bits per heavy atom. The first kappa shape index (κ1) is 26.5. The predicted octanol–water partition coefficient (Wildman–Crippen LogP) is 3.69. The van der Waals surface area contributed by atoms with Crippen molar-refractivity contribution in [3.05, 3.63) is 68.3 Å². The number of aromatic hydroxyl groups is 1. The van der Waals surface area contributed by atoms with E-state index in [9.17, 15) is 14.7 Å². The molecule has 0 saturated carbocycles. The van der Waals surface area contributed by atoms with E-state index >= 15 is 0 Å². The monoisotopic (exact) mass is 580 g/mol. The van der Waals surface area contributed by atoms with Crippen LogP contribution in [0, 0.1) is 0 Å². The first-order valence-electron chi connectivity index (χ1n) is 10.4. The van der Waals surface area contributed by atoms with Crippen LogP contribution < -0.4 is 20.8 Å². The van der Waals surface area contributed by atoms with Gasteiger partial charge in [0.25, 0.3) is 5.91 Å². The fraction of sp³-hybridized carbons (Fsp3) is 0.217. The number of carbonyl (C=O) groups excluding carboxylic acids is 2. The fourth-order valence-electron chi connectivity index (χ4n) is 3.27. The Morgan fingerprint density at radius 3 is 2.80 bits per heavy atom. The summed E-state index contributed by atoms with van der Waals surface area (Å²) in [5.74, 6) is -0.691. The molecule has 0 unspecified atom stereocenters. The zero-order chi connectivity index (χ0) is 25.5. The third-order valence-corrected chi connectivity index (χ3v) is 5.91. The lowest BCUT2D eigenvalue weighted by Crippen LogP contribution is -2.45. The predicted molar refractivity (Wildman–Crippen MR) is 139 cm³/mol. The van der Waals surface area contributed by atoms with Crippen molar-refractivity contribution in [1.29, 1.82) is 0 Å². The molecule has 1 aliphatic heterocycles. The van der Waals surface area contributed by atoms with E-state index in [0.717, 1.165) is 0 Å². The molecule has 4 N–H and O–H groups in total. The van der Waals surface area contributed by atoms with Crippen LogP contribution in [-0.2, 0) is 14.3 Å². The molecule has 0 saturated heterocycles. The van der Waals surface area contributed by atoms with E-state index in [-0.39, 0.29) is 24.0 Å². The Labute approximate surface area is 220 Å². The van der Waals surface area contributed by atoms with Crippen LogP contribution in [0.3, 0.4) is 0 Å². The van der Waals surface area contributed by atoms with Gasteiger partial charge in [-0.15, -0.1) is 0 Å². The molecule has 0 aliphatic carbocycles. The Hall–Kier alpha value is -3.15. The highest BCUT2D eigenvalue weighted by molar-refractivity contribution is 9.10. The Morgan fingerprint density at radius 1 is 1.34 bits per heavy atom. The molecule has 1 atom stereocenters. The van der Waals surface area contributed by atoms with Gasteiger partial charge in [-0.05, 0) is 65.8 Å². The van der Waals surface area contributed by atoms with Gasteiger partial charge >= 0.3 is 5.97 Å². The van der Waals surface area contributed by atoms with Gasteiger partial charge < -0.3 is 25.2 Å². The number of esters is 1. The number of phenols is 1. The average Bonchev–Trinajstić information content (AvgIpc) is 2.81. The standard InChI is InChI=1S/C23H22BrClN4O5S/c1-3-33-22(32)19-12(2)27-23(35)28-20(19)14-6-4-5-7-17(14)34-11-18(30)29-26-10-13-8-15(24)21(31)16(25)9-13/h4-10,20,31H,3,11H2,1-2H3,(H,29,30)(H2,27,28,35)/t20-/m1/s1. The van der Waals surface area contributed by atoms with Gasteiger partial charge in [-0.2, -0.15) is 5.10 Å². The third kappa shape index (κ3) is 6.71. The number of hydrogen-bond acceptors (Lipinski definition) is 7. The second kappa shape index (κ2) is 12.0. The minimum absolute atomic E-state index is 0.0833. The number of hydrogen-bond donors (Lipinski definition) is 4. The van der Waals surface area contributed by atoms with Crippen molar-refractivity contribution in [3.63, 3.8) is 0 Å². The summed E-state index contributed by atoms with van der Waals surface area (Å²) in [4.78, 5) is 24.9. The highest BCUT2D eigenvalue weighted by Gasteiger charge is 2.32. The number of phenolic OH excluding ortho intramolecular Hbond substituents is 1. The summed E-state index contributed by atoms with van der Waals surface area (Å²) in [5, 5.41) is 20.1. The molecule has 0 spiro atoms. The van der Waals surface area contributed by atoms with E-state index < -0.39 is 17.9 Å². The number of nitrogens with zero attached hydrogens (tertiary/aromatic N) is 1. The molecule has 2 aromatic rings. The van der Waals surface area contributed by atoms with Crippen LogP contribution in [0.25, 0.3) is 0 Å². The van der Waals surface area contributed by atoms with Gasteiger partial charge in [-0.3, -0.25) is 4.79 Å². The Balaban J connectivity index is 1.71. The normalized spacial score (nSPS) is 15.4. The van der Waals surface area contributed by atoms with Gasteiger partial charge in [-0.25, -0.2) is 10.2 Å². The van der Waals surface area contributed by atoms with Gasteiger partial charge in [0.05, 0.1) is 33.9 Å². The van der Waals surface area contributed by atoms with Crippen LogP contribution in [0.2, 0.25) is 5.02 Å². The van der Waals surface area contributed by atoms with Gasteiger partial charge in [0.1, 0.15) is 11.5 Å². The summed E-state index contributed by atoms with van der Waals surface area (Å²) in [6.07, 6.45) is 1.38. The molecule has 3 rings (SSSR count). The minimum Gasteiger partial charge on any atom is -0.505 e. The highest BCUT2D eigenvalue weighted by atomic mass is 79.9. The van der Waals surface area contributed by atoms with E-state index in [0.29, 0.717) is 37.7 Å². The van der Waals surface area contributed by atoms with Crippen LogP contribution in [0.5, 0.6) is 11.5 Å². The van der Waals surface area contributed by atoms with Crippen molar-refractivity contribution in [2.75, 3.05) is 13.2 Å². The lowest BCUT2D eigenvalue weighted by Gasteiger charge is -2.30. The number of para-hydroxylation sites is 1. The van der Waals surface area contributed by atoms with Gasteiger partial charge in [0, 0.05) is 11.3 Å². The maximum absolute atomic E-state index is 12.6. The summed E-state index contributed by atoms with van der Waals surface area (Å²) in [6.45, 7) is 3.35. The number of nitrogens with one attached hydrogen (secondary N) is 3. The first-order valence-corrected chi connectivity index (χ1v) is 12.0. The number of halogens is 2. The second-order valence-electron chi connectivity index (χ2n) is 7.24. The van der Waals surface area contributed by atoms with E-state index in [4.69, 9.17) is 33.3 Å². The van der Waals surface area contributed by atoms with Gasteiger partial charge in [0.2, 0.25) is 0 Å². The van der Waals surface area contributed by atoms with Crippen LogP contribution in [0.4, 0.5) is 0 Å². The highest BCUT2D eigenvalue weighted by Crippen LogP contribution is 2.34. The molecule has 2 aromatic carbocycles. The topological polar surface area (TPSA) is 121 Å². The van der Waals surface area contributed by atoms with Gasteiger partial charge in [0.15, 0.2) is 11.7 Å². The number of hydrazone groups is 1. The number of amides is 1. The van der Waals surface area contributed by atoms with Crippen molar-refractivity contribution >= 4 is 63.0 Å². The molecule has 12 heteroatoms. The molecule has 35 heavy (non-hydrogen) atoms. The molecule has 9 nitrogen and oxygen atoms in total. The quantitative estimate of drug-likeness (QED) is 0.161. The number of rotatable bonds is 8. The zero-order valence-corrected chi connectivity index (χ0v) is 21.9. The third-order valence-electron chi connectivity index (χ3n) is 4.80. The summed E-state index contributed by atoms with van der Waals surface area (Å²) in [6, 6.07) is 9.47. The second-order valence-corrected chi connectivity index (χ2v) is 8.91. The summed E-state index contributed by atoms with van der Waals surface area (Å²) in [7, 11) is 0. The molecular formula is C23H22BrClN4O5S. The lowest BCUT2D eigenvalue weighted by molar-refractivity contribution is -0.139. The van der Waals surface area contributed by atoms with Crippen molar-refractivity contribution in [2.24, 2.45) is 5.10 Å². The number of carbonyl (C=O) groups is 2. The van der Waals surface area contributed by atoms with Crippen LogP contribution in [0.15, 0.2) is 57.2 Å². The smallest absolute Gasteiger partial charge is 0.338 e. The van der Waals surface area contributed by atoms with Crippen LogP contribution >= 0.6 is 39.7 Å². The van der Waals surface area contributed by atoms with E-state index in [1.807, 2.05) is 0 Å². The largest absolute Gasteiger partial charge is 0.505 e. The van der Waals surface area contributed by atoms with E-state index in [1.54, 1.807) is 44.2 Å². The van der Waals surface area contributed by atoms with Crippen molar-refractivity contribution in [3.8, 4) is 11.5 Å². The fourth-order valence-corrected chi connectivity index (χ4v) is 4.36. The molecule has 1 heterocycles. The van der Waals surface area contributed by atoms with Crippen LogP contribution in [-0.4, -0.2) is 41.5 Å². The number of ether oxygens (including phenoxy) is 2. The molecule has 0 radical (unpaired) electrons. The average molecular weight is 582 g/mol. The van der Waals surface area contributed by atoms with E-state index in [2.05, 4.69) is 37.1 Å². The molecular weight excluding hydrogens is 560 g/mol. The summed E-state index contributed by atoms with van der Waals surface area (Å²) >= 11 is 14.4. The number of thiocarbonyl (C=S) groups is 1. The Bertz CT molecular complexity index is 1200. The lowest BCUT2D eigenvalue weighted by atomic mass is 9.95. The molecule has 0 bridgehead atoms.